The molecule has 192 valence electrons. The first-order chi connectivity index (χ1) is 16.9. The van der Waals surface area contributed by atoms with Gasteiger partial charge in [0.15, 0.2) is 17.3 Å². The fourth-order valence-corrected chi connectivity index (χ4v) is 5.00. The molecule has 0 aliphatic carbocycles. The van der Waals surface area contributed by atoms with Gasteiger partial charge in [0.05, 0.1) is 28.2 Å². The van der Waals surface area contributed by atoms with Crippen LogP contribution >= 0.6 is 0 Å². The Balaban J connectivity index is 1.57. The molecule has 2 atom stereocenters. The van der Waals surface area contributed by atoms with E-state index in [0.717, 1.165) is 16.8 Å². The zero-order valence-corrected chi connectivity index (χ0v) is 20.4. The Kier molecular flexibility index (Phi) is 5.58. The summed E-state index contributed by atoms with van der Waals surface area (Å²) in [5.41, 5.74) is -0.334. The number of carbonyl (C=O) groups is 1. The Morgan fingerprint density at radius 3 is 2.69 bits per heavy atom. The van der Waals surface area contributed by atoms with E-state index in [2.05, 4.69) is 5.10 Å². The summed E-state index contributed by atoms with van der Waals surface area (Å²) in [5.74, 6) is -2.12. The van der Waals surface area contributed by atoms with Crippen LogP contribution in [0, 0.1) is 11.6 Å². The second-order valence-corrected chi connectivity index (χ2v) is 12.1. The number of benzene rings is 1. The fourth-order valence-electron chi connectivity index (χ4n) is 4.34. The molecule has 1 saturated heterocycles. The molecule has 13 heteroatoms. The summed E-state index contributed by atoms with van der Waals surface area (Å²) in [6.45, 7) is 3.92. The van der Waals surface area contributed by atoms with Crippen molar-refractivity contribution in [2.24, 2.45) is 0 Å². The number of pyridine rings is 1. The Morgan fingerprint density at radius 2 is 1.97 bits per heavy atom. The van der Waals surface area contributed by atoms with E-state index < -0.39 is 44.5 Å². The summed E-state index contributed by atoms with van der Waals surface area (Å²) < 4.78 is 82.3. The second-order valence-electron chi connectivity index (χ2n) is 9.64. The lowest BCUT2D eigenvalue weighted by Crippen LogP contribution is -2.42. The first-order valence-electron chi connectivity index (χ1n) is 11.1. The van der Waals surface area contributed by atoms with E-state index in [1.165, 1.54) is 44.0 Å². The van der Waals surface area contributed by atoms with Crippen molar-refractivity contribution in [2.75, 3.05) is 18.2 Å². The van der Waals surface area contributed by atoms with E-state index in [9.17, 15) is 22.0 Å². The number of ether oxygens (including phenoxy) is 2. The van der Waals surface area contributed by atoms with Crippen molar-refractivity contribution in [1.29, 1.82) is 0 Å². The summed E-state index contributed by atoms with van der Waals surface area (Å²) in [6.07, 6.45) is 1.03. The fraction of sp³-hybridized carbons (Fsp3) is 0.391. The van der Waals surface area contributed by atoms with Crippen molar-refractivity contribution in [3.8, 4) is 11.5 Å². The number of anilines is 1. The van der Waals surface area contributed by atoms with Crippen LogP contribution in [0.15, 0.2) is 30.6 Å². The highest BCUT2D eigenvalue weighted by Crippen LogP contribution is 2.47. The number of rotatable bonds is 4. The number of nitrogens with one attached hydrogen (secondary N) is 1. The molecule has 5 rings (SSSR count). The lowest BCUT2D eigenvalue weighted by Gasteiger charge is -2.28. The van der Waals surface area contributed by atoms with E-state index in [4.69, 9.17) is 9.47 Å². The van der Waals surface area contributed by atoms with Gasteiger partial charge >= 0.3 is 0 Å². The van der Waals surface area contributed by atoms with Crippen LogP contribution in [0.5, 0.6) is 11.5 Å². The number of carbonyl (C=O) groups excluding carboxylic acids is 1. The van der Waals surface area contributed by atoms with Gasteiger partial charge in [0, 0.05) is 30.8 Å². The van der Waals surface area contributed by atoms with Crippen molar-refractivity contribution in [1.82, 2.24) is 14.3 Å². The highest BCUT2D eigenvalue weighted by Gasteiger charge is 2.39. The van der Waals surface area contributed by atoms with E-state index in [0.29, 0.717) is 5.56 Å². The largest absolute Gasteiger partial charge is 0.453 e. The summed E-state index contributed by atoms with van der Waals surface area (Å²) in [7, 11) is -4.07. The molecule has 0 bridgehead atoms. The Labute approximate surface area is 204 Å². The topological polar surface area (TPSA) is 102 Å². The van der Waals surface area contributed by atoms with Crippen LogP contribution in [0.2, 0.25) is 0 Å². The number of fused-ring (bicyclic) bond motifs is 2. The third-order valence-electron chi connectivity index (χ3n) is 6.26. The number of halogens is 3. The maximum Gasteiger partial charge on any atom is 0.268 e. The van der Waals surface area contributed by atoms with Crippen LogP contribution < -0.4 is 19.1 Å². The number of hydrogen-bond acceptors (Lipinski definition) is 7. The lowest BCUT2D eigenvalue weighted by molar-refractivity contribution is 0.0981. The number of sulfonamides is 1. The molecule has 36 heavy (non-hydrogen) atoms. The van der Waals surface area contributed by atoms with Gasteiger partial charge < -0.3 is 14.4 Å². The maximum absolute atomic E-state index is 15.9. The van der Waals surface area contributed by atoms with Gasteiger partial charge in [-0.15, -0.1) is 0 Å². The van der Waals surface area contributed by atoms with Gasteiger partial charge in [0.2, 0.25) is 16.8 Å². The number of alkyl halides is 1. The van der Waals surface area contributed by atoms with E-state index in [1.54, 1.807) is 0 Å². The minimum Gasteiger partial charge on any atom is -0.453 e. The zero-order chi connectivity index (χ0) is 26.0. The molecule has 1 N–H and O–H groups in total. The van der Waals surface area contributed by atoms with Gasteiger partial charge in [0.1, 0.15) is 17.5 Å². The average molecular weight is 525 g/mol. The zero-order valence-electron chi connectivity index (χ0n) is 19.6. The minimum atomic E-state index is -4.07. The van der Waals surface area contributed by atoms with Gasteiger partial charge in [-0.3, -0.25) is 4.79 Å². The van der Waals surface area contributed by atoms with Crippen LogP contribution in [-0.2, 0) is 10.0 Å². The molecule has 0 spiro atoms. The third kappa shape index (κ3) is 3.91. The number of aromatic nitrogens is 2. The van der Waals surface area contributed by atoms with Gasteiger partial charge in [-0.05, 0) is 32.9 Å². The SMILES string of the molecule is CC(C)(C)S(=O)(=O)NC(=O)c1cnn2ccc(N3CC(F)CC3c3cc(F)cc4c3OCO4)c(F)c12. The highest BCUT2D eigenvalue weighted by molar-refractivity contribution is 7.91. The van der Waals surface area contributed by atoms with E-state index in [-0.39, 0.29) is 48.0 Å². The van der Waals surface area contributed by atoms with Crippen molar-refractivity contribution in [3.05, 3.63) is 53.4 Å². The second kappa shape index (κ2) is 8.29. The van der Waals surface area contributed by atoms with Gasteiger partial charge in [-0.2, -0.15) is 5.10 Å². The predicted octanol–water partition coefficient (Wildman–Crippen LogP) is 3.49. The number of amides is 1. The smallest absolute Gasteiger partial charge is 0.268 e. The molecule has 0 radical (unpaired) electrons. The van der Waals surface area contributed by atoms with Crippen LogP contribution in [0.25, 0.3) is 5.52 Å². The average Bonchev–Trinajstić information content (AvgIpc) is 3.50. The summed E-state index contributed by atoms with van der Waals surface area (Å²) >= 11 is 0. The molecule has 1 fully saturated rings. The minimum absolute atomic E-state index is 0.0553. The Hall–Kier alpha value is -3.48. The van der Waals surface area contributed by atoms with E-state index >= 15 is 4.39 Å². The molecule has 9 nitrogen and oxygen atoms in total. The first kappa shape index (κ1) is 24.2. The Morgan fingerprint density at radius 1 is 1.22 bits per heavy atom. The molecular weight excluding hydrogens is 501 g/mol. The van der Waals surface area contributed by atoms with Gasteiger partial charge in [-0.25, -0.2) is 30.8 Å². The van der Waals surface area contributed by atoms with Crippen molar-refractivity contribution in [2.45, 2.75) is 44.2 Å². The molecule has 2 aromatic heterocycles. The first-order valence-corrected chi connectivity index (χ1v) is 12.6. The molecule has 3 aromatic rings. The molecular formula is C23H23F3N4O5S. The highest BCUT2D eigenvalue weighted by atomic mass is 32.2. The summed E-state index contributed by atoms with van der Waals surface area (Å²) in [5, 5.41) is 3.95. The molecule has 2 unspecified atom stereocenters. The van der Waals surface area contributed by atoms with Crippen molar-refractivity contribution in [3.63, 3.8) is 0 Å². The quantitative estimate of drug-likeness (QED) is 0.558. The maximum atomic E-state index is 15.9. The Bertz CT molecular complexity index is 1490. The van der Waals surface area contributed by atoms with Crippen molar-refractivity contribution >= 4 is 27.1 Å². The van der Waals surface area contributed by atoms with Crippen LogP contribution in [0.1, 0.15) is 49.2 Å². The van der Waals surface area contributed by atoms with Crippen LogP contribution in [0.3, 0.4) is 0 Å². The lowest BCUT2D eigenvalue weighted by atomic mass is 10.0. The molecule has 1 aromatic carbocycles. The number of hydrogen-bond donors (Lipinski definition) is 1. The molecule has 0 saturated carbocycles. The summed E-state index contributed by atoms with van der Waals surface area (Å²) in [4.78, 5) is 14.2. The predicted molar refractivity (Wildman–Crippen MR) is 123 cm³/mol. The van der Waals surface area contributed by atoms with Gasteiger partial charge in [-0.1, -0.05) is 0 Å². The van der Waals surface area contributed by atoms with Crippen LogP contribution in [-0.4, -0.2) is 48.2 Å². The normalized spacial score (nSPS) is 19.8. The van der Waals surface area contributed by atoms with Crippen molar-refractivity contribution < 1.29 is 35.9 Å². The monoisotopic (exact) mass is 524 g/mol. The van der Waals surface area contributed by atoms with E-state index in [1.807, 2.05) is 4.72 Å². The third-order valence-corrected chi connectivity index (χ3v) is 8.33. The molecule has 4 heterocycles. The van der Waals surface area contributed by atoms with Gasteiger partial charge in [0.25, 0.3) is 5.91 Å². The molecule has 1 amide bonds. The van der Waals surface area contributed by atoms with Crippen LogP contribution in [0.4, 0.5) is 18.9 Å². The standard InChI is InChI=1S/C23H23F3N4O5S/c1-23(2,3)36(32,33)28-22(31)15-9-27-30-5-4-16(19(26)20(15)30)29-10-13(25)7-17(29)14-6-12(24)8-18-21(14)35-11-34-18/h4-6,8-9,13,17H,7,10-11H2,1-3H3,(H,28,31). The molecule has 2 aliphatic rings. The number of nitrogens with zero attached hydrogens (tertiary/aromatic N) is 3. The summed E-state index contributed by atoms with van der Waals surface area (Å²) in [6, 6.07) is 2.94. The molecule has 2 aliphatic heterocycles.